The Morgan fingerprint density at radius 2 is 0.918 bits per heavy atom. The number of imide groups is 2. The first-order chi connectivity index (χ1) is 23.9. The minimum Gasteiger partial charge on any atom is -0.457 e. The zero-order chi connectivity index (χ0) is 33.5. The summed E-state index contributed by atoms with van der Waals surface area (Å²) in [5, 5.41) is 1.04. The quantitative estimate of drug-likeness (QED) is 0.169. The molecule has 0 unspecified atom stereocenters. The molecule has 1 aromatic heterocycles. The van der Waals surface area contributed by atoms with Crippen LogP contribution in [-0.2, 0) is 19.2 Å². The Bertz CT molecular complexity index is 2330. The number of anilines is 2. The van der Waals surface area contributed by atoms with E-state index in [1.54, 1.807) is 48.5 Å². The predicted molar refractivity (Wildman–Crippen MR) is 185 cm³/mol. The molecule has 0 saturated heterocycles. The number of aromatic amines is 1. The topological polar surface area (TPSA) is 109 Å². The monoisotopic (exact) mass is 643 g/mol. The minimum atomic E-state index is -0.375. The third kappa shape index (κ3) is 5.55. The van der Waals surface area contributed by atoms with Crippen LogP contribution in [0, 0.1) is 0 Å². The highest BCUT2D eigenvalue weighted by Crippen LogP contribution is 2.41. The number of amides is 4. The predicted octanol–water partition coefficient (Wildman–Crippen LogP) is 7.95. The standard InChI is InChI=1S/C40H25N3O6/c44-35-19-20-36(45)42(35)27-11-15-29(16-12-27)48-31-7-3-5-25(23-31)39-33-9-1-2-10-34(33)41-40(39)26-6-4-8-32(24-26)49-30-17-13-28(14-18-30)43-37(46)21-22-38(43)47/h1-24,41H. The van der Waals surface area contributed by atoms with Crippen molar-refractivity contribution in [3.8, 4) is 45.4 Å². The molecule has 1 N–H and O–H groups in total. The van der Waals surface area contributed by atoms with Gasteiger partial charge >= 0.3 is 0 Å². The SMILES string of the molecule is O=C1C=CC(=O)N1c1ccc(Oc2cccc(-c3[nH]c4ccccc4c3-c3cccc(Oc4ccc(N5C(=O)C=CC5=O)cc4)c3)c2)cc1. The van der Waals surface area contributed by atoms with Crippen LogP contribution in [-0.4, -0.2) is 28.6 Å². The molecule has 236 valence electrons. The first-order valence-electron chi connectivity index (χ1n) is 15.4. The maximum Gasteiger partial charge on any atom is 0.258 e. The second-order valence-electron chi connectivity index (χ2n) is 11.4. The van der Waals surface area contributed by atoms with Crippen molar-refractivity contribution < 1.29 is 28.7 Å². The number of fused-ring (bicyclic) bond motifs is 1. The highest BCUT2D eigenvalue weighted by atomic mass is 16.5. The average Bonchev–Trinajstić information content (AvgIpc) is 3.79. The summed E-state index contributed by atoms with van der Waals surface area (Å²) < 4.78 is 12.4. The van der Waals surface area contributed by atoms with Crippen molar-refractivity contribution in [2.24, 2.45) is 0 Å². The molecular weight excluding hydrogens is 618 g/mol. The van der Waals surface area contributed by atoms with Crippen molar-refractivity contribution in [3.05, 3.63) is 146 Å². The molecule has 3 heterocycles. The van der Waals surface area contributed by atoms with Gasteiger partial charge in [0.05, 0.1) is 17.1 Å². The van der Waals surface area contributed by atoms with Gasteiger partial charge in [0.2, 0.25) is 0 Å². The zero-order valence-corrected chi connectivity index (χ0v) is 25.7. The molecule has 2 aliphatic heterocycles. The van der Waals surface area contributed by atoms with Crippen molar-refractivity contribution in [3.63, 3.8) is 0 Å². The van der Waals surface area contributed by atoms with Crippen LogP contribution in [0.1, 0.15) is 0 Å². The first-order valence-corrected chi connectivity index (χ1v) is 15.4. The largest absolute Gasteiger partial charge is 0.457 e. The number of H-pyrrole nitrogens is 1. The number of para-hydroxylation sites is 1. The molecule has 9 nitrogen and oxygen atoms in total. The number of carbonyl (C=O) groups is 4. The number of rotatable bonds is 8. The van der Waals surface area contributed by atoms with Crippen LogP contribution in [0.2, 0.25) is 0 Å². The van der Waals surface area contributed by atoms with Crippen molar-refractivity contribution in [2.75, 3.05) is 9.80 Å². The summed E-state index contributed by atoms with van der Waals surface area (Å²) in [6, 6.07) is 37.2. The number of carbonyl (C=O) groups excluding carboxylic acids is 4. The van der Waals surface area contributed by atoms with Crippen molar-refractivity contribution in [1.29, 1.82) is 0 Å². The first kappa shape index (κ1) is 29.4. The summed E-state index contributed by atoms with van der Waals surface area (Å²) >= 11 is 0. The lowest BCUT2D eigenvalue weighted by Gasteiger charge is -2.15. The Balaban J connectivity index is 1.07. The molecule has 49 heavy (non-hydrogen) atoms. The average molecular weight is 644 g/mol. The summed E-state index contributed by atoms with van der Waals surface area (Å²) in [6.07, 6.45) is 5.01. The van der Waals surface area contributed by atoms with Gasteiger partial charge in [-0.15, -0.1) is 0 Å². The fourth-order valence-electron chi connectivity index (χ4n) is 6.00. The van der Waals surface area contributed by atoms with Crippen LogP contribution in [0.4, 0.5) is 11.4 Å². The van der Waals surface area contributed by atoms with Crippen LogP contribution >= 0.6 is 0 Å². The van der Waals surface area contributed by atoms with Gasteiger partial charge in [-0.05, 0) is 84.4 Å². The van der Waals surface area contributed by atoms with Crippen LogP contribution in [0.15, 0.2) is 146 Å². The number of hydrogen-bond acceptors (Lipinski definition) is 6. The molecule has 0 aliphatic carbocycles. The minimum absolute atomic E-state index is 0.375. The van der Waals surface area contributed by atoms with E-state index in [9.17, 15) is 19.2 Å². The van der Waals surface area contributed by atoms with Crippen molar-refractivity contribution >= 4 is 45.9 Å². The van der Waals surface area contributed by atoms with Crippen LogP contribution in [0.3, 0.4) is 0 Å². The van der Waals surface area contributed by atoms with Gasteiger partial charge in [0.1, 0.15) is 23.0 Å². The Hall–Kier alpha value is -7.00. The Kier molecular flexibility index (Phi) is 7.19. The van der Waals surface area contributed by atoms with E-state index in [2.05, 4.69) is 11.1 Å². The lowest BCUT2D eigenvalue weighted by Crippen LogP contribution is -2.29. The molecule has 9 heteroatoms. The van der Waals surface area contributed by atoms with E-state index in [1.165, 1.54) is 24.3 Å². The van der Waals surface area contributed by atoms with Gasteiger partial charge in [-0.25, -0.2) is 9.80 Å². The maximum absolute atomic E-state index is 12.1. The van der Waals surface area contributed by atoms with Crippen LogP contribution < -0.4 is 19.3 Å². The van der Waals surface area contributed by atoms with E-state index in [4.69, 9.17) is 9.47 Å². The summed E-state index contributed by atoms with van der Waals surface area (Å²) in [4.78, 5) is 54.0. The van der Waals surface area contributed by atoms with Gasteiger partial charge in [-0.3, -0.25) is 19.2 Å². The van der Waals surface area contributed by atoms with E-state index < -0.39 is 0 Å². The maximum atomic E-state index is 12.1. The van der Waals surface area contributed by atoms with E-state index in [-0.39, 0.29) is 23.6 Å². The fourth-order valence-corrected chi connectivity index (χ4v) is 6.00. The Morgan fingerprint density at radius 3 is 1.45 bits per heavy atom. The third-order valence-corrected chi connectivity index (χ3v) is 8.23. The van der Waals surface area contributed by atoms with Gasteiger partial charge < -0.3 is 14.5 Å². The summed E-state index contributed by atoms with van der Waals surface area (Å²) in [5.74, 6) is 0.834. The molecule has 0 spiro atoms. The molecule has 0 saturated carbocycles. The lowest BCUT2D eigenvalue weighted by atomic mass is 9.98. The van der Waals surface area contributed by atoms with Crippen molar-refractivity contribution in [2.45, 2.75) is 0 Å². The zero-order valence-electron chi connectivity index (χ0n) is 25.7. The summed E-state index contributed by atoms with van der Waals surface area (Å²) in [5.41, 5.74) is 5.64. The third-order valence-electron chi connectivity index (χ3n) is 8.23. The molecule has 6 aromatic rings. The molecule has 2 aliphatic rings. The number of nitrogens with zero attached hydrogens (tertiary/aromatic N) is 2. The highest BCUT2D eigenvalue weighted by Gasteiger charge is 2.26. The highest BCUT2D eigenvalue weighted by molar-refractivity contribution is 6.28. The number of nitrogens with one attached hydrogen (secondary N) is 1. The van der Waals surface area contributed by atoms with Crippen LogP contribution in [0.25, 0.3) is 33.3 Å². The Labute approximate surface area is 279 Å². The number of aromatic nitrogens is 1. The summed E-state index contributed by atoms with van der Waals surface area (Å²) in [6.45, 7) is 0. The number of ether oxygens (including phenoxy) is 2. The normalized spacial score (nSPS) is 14.0. The number of benzene rings is 5. The van der Waals surface area contributed by atoms with Gasteiger partial charge in [0.25, 0.3) is 23.6 Å². The van der Waals surface area contributed by atoms with Crippen molar-refractivity contribution in [1.82, 2.24) is 4.98 Å². The second-order valence-corrected chi connectivity index (χ2v) is 11.4. The van der Waals surface area contributed by atoms with Gasteiger partial charge in [-0.1, -0.05) is 42.5 Å². The summed E-state index contributed by atoms with van der Waals surface area (Å²) in [7, 11) is 0. The molecule has 5 aromatic carbocycles. The smallest absolute Gasteiger partial charge is 0.258 e. The van der Waals surface area contributed by atoms with Gasteiger partial charge in [0.15, 0.2) is 0 Å². The number of hydrogen-bond donors (Lipinski definition) is 1. The van der Waals surface area contributed by atoms with E-state index in [0.717, 1.165) is 43.1 Å². The second kappa shape index (κ2) is 12.0. The van der Waals surface area contributed by atoms with Gasteiger partial charge in [-0.2, -0.15) is 0 Å². The van der Waals surface area contributed by atoms with E-state index >= 15 is 0 Å². The molecule has 8 rings (SSSR count). The molecule has 0 bridgehead atoms. The molecule has 0 radical (unpaired) electrons. The van der Waals surface area contributed by atoms with Crippen LogP contribution in [0.5, 0.6) is 23.0 Å². The van der Waals surface area contributed by atoms with E-state index in [1.807, 2.05) is 66.7 Å². The van der Waals surface area contributed by atoms with Gasteiger partial charge in [0, 0.05) is 46.3 Å². The fraction of sp³-hybridized carbons (Fsp3) is 0. The molecule has 0 fully saturated rings. The molecule has 0 atom stereocenters. The van der Waals surface area contributed by atoms with E-state index in [0.29, 0.717) is 34.4 Å². The lowest BCUT2D eigenvalue weighted by molar-refractivity contribution is -0.121. The molecular formula is C40H25N3O6. The Morgan fingerprint density at radius 1 is 0.449 bits per heavy atom. The molecule has 4 amide bonds.